The normalized spacial score (nSPS) is 12.8. The van der Waals surface area contributed by atoms with E-state index in [2.05, 4.69) is 22.0 Å². The maximum absolute atomic E-state index is 13.9. The van der Waals surface area contributed by atoms with Gasteiger partial charge in [0, 0.05) is 33.6 Å². The number of ether oxygens (including phenoxy) is 1. The molecule has 3 N–H and O–H groups in total. The van der Waals surface area contributed by atoms with Crippen LogP contribution in [0.1, 0.15) is 31.9 Å². The van der Waals surface area contributed by atoms with Gasteiger partial charge in [-0.2, -0.15) is 0 Å². The van der Waals surface area contributed by atoms with Gasteiger partial charge in [0.1, 0.15) is 11.6 Å². The van der Waals surface area contributed by atoms with E-state index in [1.54, 1.807) is 34.9 Å². The number of hydrogen-bond acceptors (Lipinski definition) is 5. The largest absolute Gasteiger partial charge is 0.444 e. The lowest BCUT2D eigenvalue weighted by Crippen LogP contribution is -2.55. The van der Waals surface area contributed by atoms with Gasteiger partial charge in [-0.05, 0) is 49.1 Å². The summed E-state index contributed by atoms with van der Waals surface area (Å²) < 4.78 is 5.30. The van der Waals surface area contributed by atoms with Gasteiger partial charge in [0.15, 0.2) is 0 Å². The number of benzene rings is 3. The van der Waals surface area contributed by atoms with Gasteiger partial charge < -0.3 is 25.6 Å². The number of nitrogens with one attached hydrogen (secondary N) is 3. The SMILES string of the molecule is CNC(=O)[C@@H](Cc1ccccc1)N(C)C(=O)[C@@H](Cc1ccc2ccccc2c1)NCCNC(=O)OC(C)(C)C. The fraction of sp³-hybridized carbons (Fsp3) is 0.387. The second-order valence-corrected chi connectivity index (χ2v) is 10.6. The molecule has 0 aliphatic rings. The summed E-state index contributed by atoms with van der Waals surface area (Å²) >= 11 is 0. The maximum atomic E-state index is 13.9. The minimum absolute atomic E-state index is 0.204. The molecular formula is C31H40N4O4. The standard InChI is InChI=1S/C31H40N4O4/c1-31(2,3)39-30(38)34-18-17-33-26(20-23-15-16-24-13-9-10-14-25(24)19-23)29(37)35(5)27(28(36)32-4)21-22-11-7-6-8-12-22/h6-16,19,26-27,33H,17-18,20-21H2,1-5H3,(H,32,36)(H,34,38)/t26-,27-/m1/s1. The molecule has 0 fully saturated rings. The molecule has 3 aromatic carbocycles. The highest BCUT2D eigenvalue weighted by atomic mass is 16.6. The Hall–Kier alpha value is -3.91. The molecule has 208 valence electrons. The van der Waals surface area contributed by atoms with E-state index in [9.17, 15) is 14.4 Å². The molecule has 8 heteroatoms. The molecule has 0 saturated heterocycles. The molecule has 3 rings (SSSR count). The monoisotopic (exact) mass is 532 g/mol. The Bertz CT molecular complexity index is 1260. The minimum atomic E-state index is -0.675. The van der Waals surface area contributed by atoms with Crippen molar-refractivity contribution in [2.24, 2.45) is 0 Å². The zero-order valence-electron chi connectivity index (χ0n) is 23.5. The predicted octanol–water partition coefficient (Wildman–Crippen LogP) is 3.68. The molecule has 2 atom stereocenters. The minimum Gasteiger partial charge on any atom is -0.444 e. The average Bonchev–Trinajstić information content (AvgIpc) is 2.91. The molecule has 0 bridgehead atoms. The van der Waals surface area contributed by atoms with Crippen LogP contribution in [0.25, 0.3) is 10.8 Å². The third-order valence-corrected chi connectivity index (χ3v) is 6.37. The highest BCUT2D eigenvalue weighted by Crippen LogP contribution is 2.18. The van der Waals surface area contributed by atoms with Gasteiger partial charge in [-0.15, -0.1) is 0 Å². The van der Waals surface area contributed by atoms with Gasteiger partial charge in [0.2, 0.25) is 11.8 Å². The van der Waals surface area contributed by atoms with Gasteiger partial charge in [0.25, 0.3) is 0 Å². The van der Waals surface area contributed by atoms with E-state index >= 15 is 0 Å². The number of fused-ring (bicyclic) bond motifs is 1. The maximum Gasteiger partial charge on any atom is 0.407 e. The highest BCUT2D eigenvalue weighted by molar-refractivity contribution is 5.90. The molecule has 0 aliphatic heterocycles. The molecule has 0 spiro atoms. The molecule has 39 heavy (non-hydrogen) atoms. The Morgan fingerprint density at radius 1 is 0.846 bits per heavy atom. The molecule has 0 radical (unpaired) electrons. The van der Waals surface area contributed by atoms with Crippen molar-refractivity contribution < 1.29 is 19.1 Å². The molecule has 0 aliphatic carbocycles. The van der Waals surface area contributed by atoms with E-state index in [-0.39, 0.29) is 18.4 Å². The van der Waals surface area contributed by atoms with E-state index in [4.69, 9.17) is 4.74 Å². The van der Waals surface area contributed by atoms with Crippen LogP contribution in [0, 0.1) is 0 Å². The Labute approximate surface area is 231 Å². The summed E-state index contributed by atoms with van der Waals surface area (Å²) in [6, 6.07) is 22.6. The topological polar surface area (TPSA) is 99.8 Å². The van der Waals surface area contributed by atoms with Crippen molar-refractivity contribution in [3.63, 3.8) is 0 Å². The smallest absolute Gasteiger partial charge is 0.407 e. The van der Waals surface area contributed by atoms with E-state index in [1.165, 1.54) is 4.90 Å². The van der Waals surface area contributed by atoms with Crippen molar-refractivity contribution in [1.82, 2.24) is 20.9 Å². The van der Waals surface area contributed by atoms with Crippen LogP contribution in [-0.4, -0.2) is 67.7 Å². The lowest BCUT2D eigenvalue weighted by Gasteiger charge is -2.31. The molecule has 0 unspecified atom stereocenters. The number of amides is 3. The second-order valence-electron chi connectivity index (χ2n) is 10.6. The van der Waals surface area contributed by atoms with Crippen molar-refractivity contribution in [2.75, 3.05) is 27.2 Å². The summed E-state index contributed by atoms with van der Waals surface area (Å²) in [5.74, 6) is -0.435. The van der Waals surface area contributed by atoms with Gasteiger partial charge in [-0.25, -0.2) is 4.79 Å². The Morgan fingerprint density at radius 2 is 1.51 bits per heavy atom. The molecule has 3 amide bonds. The first kappa shape index (κ1) is 29.6. The predicted molar refractivity (Wildman–Crippen MR) is 154 cm³/mol. The quantitative estimate of drug-likeness (QED) is 0.327. The van der Waals surface area contributed by atoms with Crippen LogP contribution < -0.4 is 16.0 Å². The number of nitrogens with zero attached hydrogens (tertiary/aromatic N) is 1. The summed E-state index contributed by atoms with van der Waals surface area (Å²) in [5, 5.41) is 10.9. The second kappa shape index (κ2) is 13.8. The summed E-state index contributed by atoms with van der Waals surface area (Å²) in [4.78, 5) is 40.3. The Balaban J connectivity index is 1.77. The van der Waals surface area contributed by atoms with E-state index in [0.29, 0.717) is 19.4 Å². The van der Waals surface area contributed by atoms with E-state index in [0.717, 1.165) is 21.9 Å². The number of alkyl carbamates (subject to hydrolysis) is 1. The molecule has 0 heterocycles. The lowest BCUT2D eigenvalue weighted by molar-refractivity contribution is -0.140. The third-order valence-electron chi connectivity index (χ3n) is 6.37. The number of hydrogen-bond donors (Lipinski definition) is 3. The third kappa shape index (κ3) is 9.11. The number of carbonyl (C=O) groups excluding carboxylic acids is 3. The van der Waals surface area contributed by atoms with Crippen molar-refractivity contribution in [1.29, 1.82) is 0 Å². The van der Waals surface area contributed by atoms with Crippen LogP contribution in [0.15, 0.2) is 72.8 Å². The fourth-order valence-corrected chi connectivity index (χ4v) is 4.38. The van der Waals surface area contributed by atoms with Crippen molar-refractivity contribution in [2.45, 2.75) is 51.3 Å². The highest BCUT2D eigenvalue weighted by Gasteiger charge is 2.31. The van der Waals surface area contributed by atoms with Crippen LogP contribution in [-0.2, 0) is 27.2 Å². The molecular weight excluding hydrogens is 492 g/mol. The van der Waals surface area contributed by atoms with Crippen LogP contribution in [0.4, 0.5) is 4.79 Å². The zero-order valence-corrected chi connectivity index (χ0v) is 23.5. The average molecular weight is 533 g/mol. The van der Waals surface area contributed by atoms with Crippen LogP contribution >= 0.6 is 0 Å². The fourth-order valence-electron chi connectivity index (χ4n) is 4.38. The van der Waals surface area contributed by atoms with Crippen molar-refractivity contribution >= 4 is 28.7 Å². The van der Waals surface area contributed by atoms with Gasteiger partial charge in [0.05, 0.1) is 6.04 Å². The van der Waals surface area contributed by atoms with Crippen LogP contribution in [0.2, 0.25) is 0 Å². The van der Waals surface area contributed by atoms with Gasteiger partial charge in [-0.3, -0.25) is 9.59 Å². The first-order valence-corrected chi connectivity index (χ1v) is 13.3. The van der Waals surface area contributed by atoms with Gasteiger partial charge in [-0.1, -0.05) is 72.8 Å². The zero-order chi connectivity index (χ0) is 28.4. The number of carbonyl (C=O) groups is 3. The van der Waals surface area contributed by atoms with Gasteiger partial charge >= 0.3 is 6.09 Å². The van der Waals surface area contributed by atoms with Crippen molar-refractivity contribution in [3.8, 4) is 0 Å². The molecule has 8 nitrogen and oxygen atoms in total. The molecule has 0 saturated carbocycles. The van der Waals surface area contributed by atoms with E-state index < -0.39 is 23.8 Å². The summed E-state index contributed by atoms with van der Waals surface area (Å²) in [5.41, 5.74) is 1.36. The van der Waals surface area contributed by atoms with Crippen molar-refractivity contribution in [3.05, 3.63) is 83.9 Å². The summed E-state index contributed by atoms with van der Waals surface area (Å²) in [7, 11) is 3.24. The number of rotatable bonds is 11. The molecule has 0 aromatic heterocycles. The van der Waals surface area contributed by atoms with Crippen LogP contribution in [0.5, 0.6) is 0 Å². The lowest BCUT2D eigenvalue weighted by atomic mass is 9.99. The summed E-state index contributed by atoms with van der Waals surface area (Å²) in [6.45, 7) is 6.04. The summed E-state index contributed by atoms with van der Waals surface area (Å²) in [6.07, 6.45) is 0.305. The first-order chi connectivity index (χ1) is 18.6. The Morgan fingerprint density at radius 3 is 2.18 bits per heavy atom. The molecule has 3 aromatic rings. The van der Waals surface area contributed by atoms with Crippen LogP contribution in [0.3, 0.4) is 0 Å². The first-order valence-electron chi connectivity index (χ1n) is 13.3. The number of likely N-dealkylation sites (N-methyl/N-ethyl adjacent to an activating group) is 2. The Kier molecular flexibility index (Phi) is 10.5. The van der Waals surface area contributed by atoms with E-state index in [1.807, 2.05) is 66.7 Å².